The lowest BCUT2D eigenvalue weighted by atomic mass is 10.2. The van der Waals surface area contributed by atoms with Crippen LogP contribution in [0.2, 0.25) is 0 Å². The van der Waals surface area contributed by atoms with E-state index in [2.05, 4.69) is 22.4 Å². The summed E-state index contributed by atoms with van der Waals surface area (Å²) in [7, 11) is 0. The van der Waals surface area contributed by atoms with E-state index < -0.39 is 0 Å². The van der Waals surface area contributed by atoms with Gasteiger partial charge in [-0.25, -0.2) is 0 Å². The van der Waals surface area contributed by atoms with Gasteiger partial charge in [0.2, 0.25) is 0 Å². The summed E-state index contributed by atoms with van der Waals surface area (Å²) in [5.41, 5.74) is 0.296. The summed E-state index contributed by atoms with van der Waals surface area (Å²) < 4.78 is 0. The van der Waals surface area contributed by atoms with Crippen LogP contribution in [0.15, 0.2) is 12.1 Å². The van der Waals surface area contributed by atoms with Crippen LogP contribution in [0.3, 0.4) is 0 Å². The zero-order chi connectivity index (χ0) is 14.3. The molecule has 0 aliphatic heterocycles. The molecule has 0 unspecified atom stereocenters. The molecule has 0 radical (unpaired) electrons. The summed E-state index contributed by atoms with van der Waals surface area (Å²) in [5.74, 6) is 0.454. The minimum atomic E-state index is -0.210. The third-order valence-electron chi connectivity index (χ3n) is 2.66. The lowest BCUT2D eigenvalue weighted by Gasteiger charge is -2.25. The van der Waals surface area contributed by atoms with Gasteiger partial charge >= 0.3 is 0 Å². The van der Waals surface area contributed by atoms with Crippen molar-refractivity contribution in [2.75, 3.05) is 25.0 Å². The number of carbonyl (C=O) groups excluding carboxylic acids is 1. The predicted octanol–water partition coefficient (Wildman–Crippen LogP) is 1.14. The Kier molecular flexibility index (Phi) is 6.21. The third kappa shape index (κ3) is 4.48. The fraction of sp³-hybridized carbons (Fsp3) is 0.615. The Balaban J connectivity index is 2.75. The second-order valence-corrected chi connectivity index (χ2v) is 4.55. The van der Waals surface area contributed by atoms with Gasteiger partial charge in [0.05, 0.1) is 6.61 Å². The average molecular weight is 266 g/mol. The molecule has 106 valence electrons. The Labute approximate surface area is 113 Å². The number of carbonyl (C=O) groups is 1. The van der Waals surface area contributed by atoms with Gasteiger partial charge in [0.25, 0.3) is 5.91 Å². The summed E-state index contributed by atoms with van der Waals surface area (Å²) >= 11 is 0. The average Bonchev–Trinajstić information content (AvgIpc) is 2.42. The first-order chi connectivity index (χ1) is 9.10. The molecule has 2 N–H and O–H groups in total. The smallest absolute Gasteiger partial charge is 0.274 e. The zero-order valence-electron chi connectivity index (χ0n) is 11.8. The number of hydrogen-bond acceptors (Lipinski definition) is 5. The van der Waals surface area contributed by atoms with Crippen LogP contribution in [-0.4, -0.2) is 51.8 Å². The van der Waals surface area contributed by atoms with Gasteiger partial charge in [0.1, 0.15) is 5.82 Å². The number of aliphatic hydroxyl groups is 1. The molecule has 0 fully saturated rings. The van der Waals surface area contributed by atoms with E-state index in [0.717, 1.165) is 13.0 Å². The topological polar surface area (TPSA) is 78.4 Å². The summed E-state index contributed by atoms with van der Waals surface area (Å²) in [6.45, 7) is 6.93. The van der Waals surface area contributed by atoms with E-state index in [9.17, 15) is 4.79 Å². The Morgan fingerprint density at radius 1 is 1.42 bits per heavy atom. The molecule has 0 aliphatic rings. The molecular formula is C13H22N4O2. The quantitative estimate of drug-likeness (QED) is 0.774. The van der Waals surface area contributed by atoms with Gasteiger partial charge in [0, 0.05) is 19.1 Å². The Hall–Kier alpha value is -1.69. The largest absolute Gasteiger partial charge is 0.395 e. The molecule has 0 atom stereocenters. The summed E-state index contributed by atoms with van der Waals surface area (Å²) in [6.07, 6.45) is 1.000. The molecule has 0 aromatic carbocycles. The first kappa shape index (κ1) is 15.4. The van der Waals surface area contributed by atoms with Crippen LogP contribution >= 0.6 is 0 Å². The van der Waals surface area contributed by atoms with Crippen LogP contribution < -0.4 is 5.32 Å². The van der Waals surface area contributed by atoms with Gasteiger partial charge in [-0.05, 0) is 32.4 Å². The fourth-order valence-corrected chi connectivity index (χ4v) is 1.64. The van der Waals surface area contributed by atoms with Crippen LogP contribution in [-0.2, 0) is 0 Å². The summed E-state index contributed by atoms with van der Waals surface area (Å²) in [5, 5.41) is 20.0. The molecule has 1 amide bonds. The van der Waals surface area contributed by atoms with Crippen LogP contribution in [0.1, 0.15) is 37.7 Å². The van der Waals surface area contributed by atoms with Gasteiger partial charge in [0.15, 0.2) is 5.69 Å². The zero-order valence-corrected chi connectivity index (χ0v) is 11.8. The van der Waals surface area contributed by atoms with Crippen LogP contribution in [0.25, 0.3) is 0 Å². The van der Waals surface area contributed by atoms with Crippen molar-refractivity contribution < 1.29 is 9.90 Å². The van der Waals surface area contributed by atoms with E-state index in [1.807, 2.05) is 13.8 Å². The molecule has 0 aliphatic carbocycles. The second-order valence-electron chi connectivity index (χ2n) is 4.55. The highest BCUT2D eigenvalue weighted by molar-refractivity contribution is 5.92. The van der Waals surface area contributed by atoms with E-state index >= 15 is 0 Å². The first-order valence-electron chi connectivity index (χ1n) is 6.59. The van der Waals surface area contributed by atoms with Crippen molar-refractivity contribution in [3.05, 3.63) is 17.8 Å². The number of aliphatic hydroxyl groups excluding tert-OH is 1. The maximum absolute atomic E-state index is 12.2. The Bertz CT molecular complexity index is 392. The highest BCUT2D eigenvalue weighted by atomic mass is 16.3. The van der Waals surface area contributed by atoms with Gasteiger partial charge in [-0.3, -0.25) is 4.79 Å². The summed E-state index contributed by atoms with van der Waals surface area (Å²) in [6, 6.07) is 3.41. The SMILES string of the molecule is CCCNc1ccc(C(=O)N(CCO)C(C)C)nn1. The lowest BCUT2D eigenvalue weighted by Crippen LogP contribution is -2.39. The van der Waals surface area contributed by atoms with Crippen LogP contribution in [0.4, 0.5) is 5.82 Å². The number of nitrogens with one attached hydrogen (secondary N) is 1. The number of nitrogens with zero attached hydrogens (tertiary/aromatic N) is 3. The maximum atomic E-state index is 12.2. The molecule has 6 heteroatoms. The normalized spacial score (nSPS) is 10.6. The maximum Gasteiger partial charge on any atom is 0.274 e. The molecule has 1 heterocycles. The second kappa shape index (κ2) is 7.68. The van der Waals surface area contributed by atoms with Crippen molar-refractivity contribution in [1.29, 1.82) is 0 Å². The molecule has 0 spiro atoms. The molecule has 0 bridgehead atoms. The highest BCUT2D eigenvalue weighted by Gasteiger charge is 2.19. The highest BCUT2D eigenvalue weighted by Crippen LogP contribution is 2.08. The van der Waals surface area contributed by atoms with Gasteiger partial charge in [-0.1, -0.05) is 6.92 Å². The summed E-state index contributed by atoms with van der Waals surface area (Å²) in [4.78, 5) is 13.8. The van der Waals surface area contributed by atoms with Crippen molar-refractivity contribution in [3.8, 4) is 0 Å². The minimum Gasteiger partial charge on any atom is -0.395 e. The molecule has 1 aromatic heterocycles. The van der Waals surface area contributed by atoms with E-state index in [1.54, 1.807) is 17.0 Å². The van der Waals surface area contributed by atoms with Crippen molar-refractivity contribution in [3.63, 3.8) is 0 Å². The number of amides is 1. The molecule has 0 saturated carbocycles. The molecule has 1 aromatic rings. The predicted molar refractivity (Wildman–Crippen MR) is 74.1 cm³/mol. The van der Waals surface area contributed by atoms with E-state index in [4.69, 9.17) is 5.11 Å². The fourth-order valence-electron chi connectivity index (χ4n) is 1.64. The van der Waals surface area contributed by atoms with Crippen molar-refractivity contribution in [1.82, 2.24) is 15.1 Å². The lowest BCUT2D eigenvalue weighted by molar-refractivity contribution is 0.0658. The minimum absolute atomic E-state index is 0.0133. The van der Waals surface area contributed by atoms with Crippen molar-refractivity contribution in [2.24, 2.45) is 0 Å². The monoisotopic (exact) mass is 266 g/mol. The van der Waals surface area contributed by atoms with Crippen molar-refractivity contribution >= 4 is 11.7 Å². The standard InChI is InChI=1S/C13H22N4O2/c1-4-7-14-12-6-5-11(15-16-12)13(19)17(8-9-18)10(2)3/h5-6,10,18H,4,7-9H2,1-3H3,(H,14,16). The molecule has 6 nitrogen and oxygen atoms in total. The number of hydrogen-bond donors (Lipinski definition) is 2. The van der Waals surface area contributed by atoms with Gasteiger partial charge < -0.3 is 15.3 Å². The van der Waals surface area contributed by atoms with Crippen molar-refractivity contribution in [2.45, 2.75) is 33.2 Å². The van der Waals surface area contributed by atoms with Crippen LogP contribution in [0, 0.1) is 0 Å². The van der Waals surface area contributed by atoms with Gasteiger partial charge in [-0.15, -0.1) is 10.2 Å². The molecule has 19 heavy (non-hydrogen) atoms. The third-order valence-corrected chi connectivity index (χ3v) is 2.66. The van der Waals surface area contributed by atoms with Gasteiger partial charge in [-0.2, -0.15) is 0 Å². The number of aromatic nitrogens is 2. The molecule has 1 rings (SSSR count). The van der Waals surface area contributed by atoms with E-state index in [1.165, 1.54) is 0 Å². The number of anilines is 1. The number of rotatable bonds is 7. The Morgan fingerprint density at radius 3 is 2.63 bits per heavy atom. The first-order valence-corrected chi connectivity index (χ1v) is 6.59. The van der Waals surface area contributed by atoms with E-state index in [-0.39, 0.29) is 18.6 Å². The molecular weight excluding hydrogens is 244 g/mol. The van der Waals surface area contributed by atoms with Crippen LogP contribution in [0.5, 0.6) is 0 Å². The van der Waals surface area contributed by atoms with E-state index in [0.29, 0.717) is 18.1 Å². The molecule has 0 saturated heterocycles. The Morgan fingerprint density at radius 2 is 2.16 bits per heavy atom.